The summed E-state index contributed by atoms with van der Waals surface area (Å²) in [6, 6.07) is 13.4. The molecular weight excluding hydrogens is 367 g/mol. The summed E-state index contributed by atoms with van der Waals surface area (Å²) in [5.74, 6) is 0. The maximum Gasteiger partial charge on any atom is 0.249 e. The van der Waals surface area contributed by atoms with E-state index in [-0.39, 0.29) is 0 Å². The summed E-state index contributed by atoms with van der Waals surface area (Å²) in [5, 5.41) is 0.394. The summed E-state index contributed by atoms with van der Waals surface area (Å²) in [6.45, 7) is 7.65. The molecule has 3 aromatic rings. The normalized spacial score (nSPS) is 19.1. The van der Waals surface area contributed by atoms with Crippen molar-refractivity contribution in [3.63, 3.8) is 0 Å². The van der Waals surface area contributed by atoms with Crippen LogP contribution in [0.25, 0.3) is 22.3 Å². The van der Waals surface area contributed by atoms with Crippen LogP contribution in [0.4, 0.5) is 0 Å². The molecule has 1 unspecified atom stereocenters. The van der Waals surface area contributed by atoms with E-state index < -0.39 is 18.2 Å². The lowest BCUT2D eigenvalue weighted by atomic mass is 9.91. The average Bonchev–Trinajstić information content (AvgIpc) is 2.70. The van der Waals surface area contributed by atoms with Crippen LogP contribution in [-0.4, -0.2) is 11.0 Å². The standard InChI is InChI=1S/C24H19O3P/c1-12-7-14(3)21-18(9-12)16-5-6-17-19-10-13(2)8-15(4)22(19)24(26)28(27,23(21)25)20(17)11-16/h5-11H,1-4H3. The van der Waals surface area contributed by atoms with Crippen molar-refractivity contribution in [1.82, 2.24) is 0 Å². The molecule has 3 aromatic carbocycles. The van der Waals surface area contributed by atoms with E-state index in [1.807, 2.05) is 64.1 Å². The molecule has 1 atom stereocenters. The minimum atomic E-state index is -3.96. The number of hydrogen-bond donors (Lipinski definition) is 0. The van der Waals surface area contributed by atoms with E-state index in [9.17, 15) is 14.2 Å². The van der Waals surface area contributed by atoms with Gasteiger partial charge in [-0.1, -0.05) is 47.5 Å². The smallest absolute Gasteiger partial charge is 0.249 e. The highest BCUT2D eigenvalue weighted by atomic mass is 31.2. The Morgan fingerprint density at radius 2 is 1.18 bits per heavy atom. The second-order valence-corrected chi connectivity index (χ2v) is 10.5. The quantitative estimate of drug-likeness (QED) is 0.476. The second-order valence-electron chi connectivity index (χ2n) is 7.96. The van der Waals surface area contributed by atoms with E-state index in [0.717, 1.165) is 44.5 Å². The zero-order valence-corrected chi connectivity index (χ0v) is 17.1. The molecule has 138 valence electrons. The highest BCUT2D eigenvalue weighted by Crippen LogP contribution is 2.60. The molecule has 0 aromatic heterocycles. The summed E-state index contributed by atoms with van der Waals surface area (Å²) < 4.78 is 14.3. The van der Waals surface area contributed by atoms with Gasteiger partial charge in [-0.3, -0.25) is 9.59 Å². The van der Waals surface area contributed by atoms with E-state index in [4.69, 9.17) is 0 Å². The number of carbonyl (C=O) groups is 2. The van der Waals surface area contributed by atoms with Gasteiger partial charge in [0.1, 0.15) is 0 Å². The molecule has 0 saturated carbocycles. The first kappa shape index (κ1) is 17.3. The highest BCUT2D eigenvalue weighted by Gasteiger charge is 2.50. The van der Waals surface area contributed by atoms with Crippen molar-refractivity contribution in [3.05, 3.63) is 75.8 Å². The van der Waals surface area contributed by atoms with E-state index in [1.54, 1.807) is 6.07 Å². The van der Waals surface area contributed by atoms with Gasteiger partial charge in [0.05, 0.1) is 0 Å². The Balaban J connectivity index is 1.97. The lowest BCUT2D eigenvalue weighted by Crippen LogP contribution is -2.26. The molecule has 3 nitrogen and oxygen atoms in total. The maximum atomic E-state index is 14.3. The Morgan fingerprint density at radius 1 is 0.643 bits per heavy atom. The van der Waals surface area contributed by atoms with Crippen LogP contribution in [0.2, 0.25) is 0 Å². The van der Waals surface area contributed by atoms with Gasteiger partial charge < -0.3 is 4.57 Å². The van der Waals surface area contributed by atoms with Crippen molar-refractivity contribution < 1.29 is 14.2 Å². The first-order valence-electron chi connectivity index (χ1n) is 9.31. The van der Waals surface area contributed by atoms with Crippen LogP contribution in [0.3, 0.4) is 0 Å². The molecule has 0 N–H and O–H groups in total. The molecule has 5 rings (SSSR count). The Hall–Kier alpha value is -2.77. The van der Waals surface area contributed by atoms with Gasteiger partial charge in [-0.2, -0.15) is 0 Å². The topological polar surface area (TPSA) is 51.2 Å². The third-order valence-electron chi connectivity index (χ3n) is 5.90. The van der Waals surface area contributed by atoms with Crippen LogP contribution in [0.5, 0.6) is 0 Å². The second kappa shape index (κ2) is 5.40. The van der Waals surface area contributed by atoms with E-state index in [1.165, 1.54) is 0 Å². The number of aryl methyl sites for hydroxylation is 4. The zero-order chi connectivity index (χ0) is 20.0. The van der Waals surface area contributed by atoms with Gasteiger partial charge in [0, 0.05) is 16.4 Å². The molecule has 0 saturated heterocycles. The summed E-state index contributed by atoms with van der Waals surface area (Å²) in [4.78, 5) is 27.2. The van der Waals surface area contributed by atoms with E-state index in [2.05, 4.69) is 0 Å². The van der Waals surface area contributed by atoms with Gasteiger partial charge in [-0.05, 0) is 67.1 Å². The van der Waals surface area contributed by atoms with Gasteiger partial charge in [0.25, 0.3) is 0 Å². The number of carbonyl (C=O) groups excluding carboxylic acids is 2. The van der Waals surface area contributed by atoms with Crippen LogP contribution in [0.15, 0.2) is 42.5 Å². The number of hydrogen-bond acceptors (Lipinski definition) is 3. The molecule has 2 aliphatic rings. The fourth-order valence-electron chi connectivity index (χ4n) is 4.76. The number of benzene rings is 3. The minimum Gasteiger partial charge on any atom is -0.302 e. The highest BCUT2D eigenvalue weighted by molar-refractivity contribution is 8.01. The Morgan fingerprint density at radius 3 is 1.79 bits per heavy atom. The van der Waals surface area contributed by atoms with Crippen molar-refractivity contribution in [2.75, 3.05) is 0 Å². The lowest BCUT2D eigenvalue weighted by molar-refractivity contribution is 0.104. The molecule has 2 bridgehead atoms. The number of rotatable bonds is 0. The molecule has 0 spiro atoms. The molecule has 2 heterocycles. The monoisotopic (exact) mass is 386 g/mol. The molecule has 0 radical (unpaired) electrons. The molecular formula is C24H19O3P. The molecule has 0 amide bonds. The minimum absolute atomic E-state index is 0.394. The summed E-state index contributed by atoms with van der Waals surface area (Å²) in [7, 11) is -3.96. The van der Waals surface area contributed by atoms with Crippen LogP contribution in [0.1, 0.15) is 43.0 Å². The Kier molecular flexibility index (Phi) is 3.34. The van der Waals surface area contributed by atoms with Crippen LogP contribution in [0, 0.1) is 27.7 Å². The molecule has 2 aliphatic heterocycles. The number of fused-ring (bicyclic) bond motifs is 5. The van der Waals surface area contributed by atoms with E-state index >= 15 is 0 Å². The predicted molar refractivity (Wildman–Crippen MR) is 112 cm³/mol. The van der Waals surface area contributed by atoms with Gasteiger partial charge in [-0.15, -0.1) is 0 Å². The van der Waals surface area contributed by atoms with Crippen molar-refractivity contribution >= 4 is 23.5 Å². The van der Waals surface area contributed by atoms with Crippen molar-refractivity contribution in [2.45, 2.75) is 27.7 Å². The largest absolute Gasteiger partial charge is 0.302 e. The lowest BCUT2D eigenvalue weighted by Gasteiger charge is -2.27. The molecule has 28 heavy (non-hydrogen) atoms. The van der Waals surface area contributed by atoms with Crippen molar-refractivity contribution in [1.29, 1.82) is 0 Å². The zero-order valence-electron chi connectivity index (χ0n) is 16.2. The van der Waals surface area contributed by atoms with Crippen molar-refractivity contribution in [3.8, 4) is 22.3 Å². The van der Waals surface area contributed by atoms with Gasteiger partial charge in [0.2, 0.25) is 18.2 Å². The third kappa shape index (κ3) is 1.98. The van der Waals surface area contributed by atoms with Gasteiger partial charge in [-0.25, -0.2) is 0 Å². The first-order chi connectivity index (χ1) is 13.2. The average molecular weight is 386 g/mol. The van der Waals surface area contributed by atoms with Crippen LogP contribution >= 0.6 is 7.14 Å². The summed E-state index contributed by atoms with van der Waals surface area (Å²) >= 11 is 0. The van der Waals surface area contributed by atoms with Crippen LogP contribution in [-0.2, 0) is 4.57 Å². The molecule has 4 heteroatoms. The first-order valence-corrected chi connectivity index (χ1v) is 11.0. The van der Waals surface area contributed by atoms with Crippen molar-refractivity contribution in [2.24, 2.45) is 0 Å². The fraction of sp³-hybridized carbons (Fsp3) is 0.167. The fourth-order valence-corrected chi connectivity index (χ4v) is 7.46. The molecule has 0 aliphatic carbocycles. The Bertz CT molecular complexity index is 1270. The predicted octanol–water partition coefficient (Wildman–Crippen LogP) is 5.55. The van der Waals surface area contributed by atoms with E-state index in [0.29, 0.717) is 16.4 Å². The van der Waals surface area contributed by atoms with Gasteiger partial charge in [0.15, 0.2) is 0 Å². The van der Waals surface area contributed by atoms with Gasteiger partial charge >= 0.3 is 0 Å². The summed E-state index contributed by atoms with van der Waals surface area (Å²) in [6.07, 6.45) is 0. The maximum absolute atomic E-state index is 14.3. The Labute approximate surface area is 163 Å². The molecule has 0 fully saturated rings. The van der Waals surface area contributed by atoms with Crippen LogP contribution < -0.4 is 5.30 Å². The summed E-state index contributed by atoms with van der Waals surface area (Å²) in [5.41, 5.74) is 6.51. The SMILES string of the molecule is Cc1cc(C)c2c(c1)-c1ccc3c(c1)P(=O)(C2=O)C(=O)c1c(C)cc(C)cc1-3. The third-order valence-corrected chi connectivity index (χ3v) is 8.54.